The summed E-state index contributed by atoms with van der Waals surface area (Å²) in [6.07, 6.45) is 0.121. The zero-order valence-electron chi connectivity index (χ0n) is 11.0. The van der Waals surface area contributed by atoms with Crippen molar-refractivity contribution in [1.82, 2.24) is 0 Å². The Morgan fingerprint density at radius 1 is 1.10 bits per heavy atom. The van der Waals surface area contributed by atoms with Crippen LogP contribution in [-0.2, 0) is 0 Å². The van der Waals surface area contributed by atoms with Crippen molar-refractivity contribution in [3.05, 3.63) is 64.7 Å². The number of thioether (sulfide) groups is 1. The van der Waals surface area contributed by atoms with Gasteiger partial charge in [0.25, 0.3) is 0 Å². The van der Waals surface area contributed by atoms with Crippen LogP contribution in [0.1, 0.15) is 22.3 Å². The van der Waals surface area contributed by atoms with Gasteiger partial charge < -0.3 is 0 Å². The van der Waals surface area contributed by atoms with Crippen LogP contribution in [0.5, 0.6) is 0 Å². The summed E-state index contributed by atoms with van der Waals surface area (Å²) in [7, 11) is 0. The molecular formula is C16H14ClNOS. The quantitative estimate of drug-likeness (QED) is 0.374. The number of nitrogens with one attached hydrogen (secondary N) is 1. The Hall–Kier alpha value is -1.58. The molecule has 0 spiro atoms. The summed E-state index contributed by atoms with van der Waals surface area (Å²) >= 11 is 7.09. The number of hydrogen-bond acceptors (Lipinski definition) is 3. The fourth-order valence-electron chi connectivity index (χ4n) is 1.67. The molecule has 4 heteroatoms. The van der Waals surface area contributed by atoms with E-state index >= 15 is 0 Å². The van der Waals surface area contributed by atoms with Gasteiger partial charge in [-0.15, -0.1) is 0 Å². The Morgan fingerprint density at radius 2 is 1.70 bits per heavy atom. The Labute approximate surface area is 127 Å². The largest absolute Gasteiger partial charge is 0.298 e. The number of ketones is 1. The molecule has 0 unspecified atom stereocenters. The van der Waals surface area contributed by atoms with Crippen LogP contribution in [0.25, 0.3) is 0 Å². The van der Waals surface area contributed by atoms with E-state index in [1.54, 1.807) is 24.3 Å². The number of hydrogen-bond donors (Lipinski definition) is 1. The second kappa shape index (κ2) is 6.73. The molecule has 0 fully saturated rings. The van der Waals surface area contributed by atoms with Crippen molar-refractivity contribution in [3.63, 3.8) is 0 Å². The lowest BCUT2D eigenvalue weighted by Gasteiger charge is -2.04. The summed E-state index contributed by atoms with van der Waals surface area (Å²) in [4.78, 5) is 12.9. The van der Waals surface area contributed by atoms with Crippen molar-refractivity contribution in [3.8, 4) is 0 Å². The molecule has 0 aromatic heterocycles. The van der Waals surface area contributed by atoms with Gasteiger partial charge in [-0.3, -0.25) is 10.2 Å². The van der Waals surface area contributed by atoms with E-state index in [-0.39, 0.29) is 12.2 Å². The Kier molecular flexibility index (Phi) is 4.99. The van der Waals surface area contributed by atoms with Gasteiger partial charge in [0.05, 0.1) is 11.5 Å². The Balaban J connectivity index is 1.95. The van der Waals surface area contributed by atoms with Crippen LogP contribution in [0.3, 0.4) is 0 Å². The van der Waals surface area contributed by atoms with E-state index in [1.807, 2.05) is 31.2 Å². The van der Waals surface area contributed by atoms with Gasteiger partial charge in [0.15, 0.2) is 5.78 Å². The average molecular weight is 304 g/mol. The van der Waals surface area contributed by atoms with Crippen LogP contribution in [0.2, 0.25) is 5.02 Å². The van der Waals surface area contributed by atoms with Crippen molar-refractivity contribution in [2.24, 2.45) is 0 Å². The SMILES string of the molecule is Cc1ccc(C(=O)CC(=N)Sc2ccc(Cl)cc2)cc1. The number of Topliss-reactive ketones (excluding diaryl/α,β-unsaturated/α-hetero) is 1. The molecule has 1 N–H and O–H groups in total. The van der Waals surface area contributed by atoms with Crippen LogP contribution in [-0.4, -0.2) is 10.8 Å². The lowest BCUT2D eigenvalue weighted by molar-refractivity contribution is 0.100. The molecule has 0 amide bonds. The first-order valence-electron chi connectivity index (χ1n) is 6.15. The second-order valence-electron chi connectivity index (χ2n) is 4.45. The molecule has 0 aliphatic rings. The van der Waals surface area contributed by atoms with Gasteiger partial charge >= 0.3 is 0 Å². The molecule has 0 aliphatic heterocycles. The Bertz CT molecular complexity index is 620. The highest BCUT2D eigenvalue weighted by Gasteiger charge is 2.10. The van der Waals surface area contributed by atoms with Crippen LogP contribution in [0, 0.1) is 12.3 Å². The number of aryl methyl sites for hydroxylation is 1. The third kappa shape index (κ3) is 4.22. The number of benzene rings is 2. The summed E-state index contributed by atoms with van der Waals surface area (Å²) in [5.41, 5.74) is 1.77. The van der Waals surface area contributed by atoms with Gasteiger partial charge in [0.2, 0.25) is 0 Å². The molecule has 0 aliphatic carbocycles. The number of carbonyl (C=O) groups is 1. The first-order valence-corrected chi connectivity index (χ1v) is 7.35. The molecule has 0 radical (unpaired) electrons. The minimum Gasteiger partial charge on any atom is -0.298 e. The van der Waals surface area contributed by atoms with E-state index in [0.717, 1.165) is 10.5 Å². The summed E-state index contributed by atoms with van der Waals surface area (Å²) < 4.78 is 0. The van der Waals surface area contributed by atoms with Gasteiger partial charge in [0, 0.05) is 15.5 Å². The van der Waals surface area contributed by atoms with Gasteiger partial charge in [-0.25, -0.2) is 0 Å². The van der Waals surface area contributed by atoms with Crippen molar-refractivity contribution < 1.29 is 4.79 Å². The Morgan fingerprint density at radius 3 is 2.30 bits per heavy atom. The molecule has 0 saturated carbocycles. The molecule has 0 saturated heterocycles. The monoisotopic (exact) mass is 303 g/mol. The van der Waals surface area contributed by atoms with Crippen molar-refractivity contribution in [1.29, 1.82) is 5.41 Å². The predicted molar refractivity (Wildman–Crippen MR) is 85.2 cm³/mol. The first kappa shape index (κ1) is 14.8. The van der Waals surface area contributed by atoms with Gasteiger partial charge in [-0.2, -0.15) is 0 Å². The lowest BCUT2D eigenvalue weighted by atomic mass is 10.1. The van der Waals surface area contributed by atoms with E-state index in [0.29, 0.717) is 15.6 Å². The maximum Gasteiger partial charge on any atom is 0.169 e. The molecule has 0 heterocycles. The van der Waals surface area contributed by atoms with E-state index in [4.69, 9.17) is 17.0 Å². The maximum atomic E-state index is 12.0. The van der Waals surface area contributed by atoms with Crippen molar-refractivity contribution >= 4 is 34.2 Å². The molecular weight excluding hydrogens is 290 g/mol. The highest BCUT2D eigenvalue weighted by molar-refractivity contribution is 8.13. The zero-order valence-corrected chi connectivity index (χ0v) is 12.6. The molecule has 2 rings (SSSR count). The lowest BCUT2D eigenvalue weighted by Crippen LogP contribution is -2.04. The normalized spacial score (nSPS) is 10.3. The smallest absolute Gasteiger partial charge is 0.169 e. The molecule has 2 aromatic rings. The summed E-state index contributed by atoms with van der Waals surface area (Å²) in [5.74, 6) is -0.0311. The number of rotatable bonds is 4. The molecule has 2 aromatic carbocycles. The topological polar surface area (TPSA) is 40.9 Å². The fourth-order valence-corrected chi connectivity index (χ4v) is 2.55. The molecule has 20 heavy (non-hydrogen) atoms. The van der Waals surface area contributed by atoms with Gasteiger partial charge in [-0.05, 0) is 31.2 Å². The number of carbonyl (C=O) groups excluding carboxylic acids is 1. The van der Waals surface area contributed by atoms with E-state index in [1.165, 1.54) is 11.8 Å². The van der Waals surface area contributed by atoms with E-state index in [2.05, 4.69) is 0 Å². The molecule has 0 atom stereocenters. The first-order chi connectivity index (χ1) is 9.54. The molecule has 2 nitrogen and oxygen atoms in total. The highest BCUT2D eigenvalue weighted by Crippen LogP contribution is 2.23. The van der Waals surface area contributed by atoms with Crippen LogP contribution in [0.15, 0.2) is 53.4 Å². The minimum absolute atomic E-state index is 0.0311. The highest BCUT2D eigenvalue weighted by atomic mass is 35.5. The maximum absolute atomic E-state index is 12.0. The van der Waals surface area contributed by atoms with Crippen molar-refractivity contribution in [2.75, 3.05) is 0 Å². The minimum atomic E-state index is -0.0311. The summed E-state index contributed by atoms with van der Waals surface area (Å²) in [5, 5.41) is 8.91. The zero-order chi connectivity index (χ0) is 14.5. The average Bonchev–Trinajstić information content (AvgIpc) is 2.42. The fraction of sp³-hybridized carbons (Fsp3) is 0.125. The van der Waals surface area contributed by atoms with E-state index < -0.39 is 0 Å². The standard InChI is InChI=1S/C16H14ClNOS/c1-11-2-4-12(5-3-11)15(19)10-16(18)20-14-8-6-13(17)7-9-14/h2-9,18H,10H2,1H3. The molecule has 102 valence electrons. The number of halogens is 1. The third-order valence-electron chi connectivity index (χ3n) is 2.75. The van der Waals surface area contributed by atoms with Gasteiger partial charge in [0.1, 0.15) is 0 Å². The summed E-state index contributed by atoms with van der Waals surface area (Å²) in [6, 6.07) is 14.7. The summed E-state index contributed by atoms with van der Waals surface area (Å²) in [6.45, 7) is 1.98. The van der Waals surface area contributed by atoms with Crippen LogP contribution in [0.4, 0.5) is 0 Å². The van der Waals surface area contributed by atoms with Gasteiger partial charge in [-0.1, -0.05) is 53.2 Å². The van der Waals surface area contributed by atoms with Crippen LogP contribution >= 0.6 is 23.4 Å². The predicted octanol–water partition coefficient (Wildman–Crippen LogP) is 4.99. The van der Waals surface area contributed by atoms with Crippen molar-refractivity contribution in [2.45, 2.75) is 18.2 Å². The third-order valence-corrected chi connectivity index (χ3v) is 3.90. The van der Waals surface area contributed by atoms with E-state index in [9.17, 15) is 4.79 Å². The second-order valence-corrected chi connectivity index (χ2v) is 6.05. The molecule has 0 bridgehead atoms. The van der Waals surface area contributed by atoms with Crippen LogP contribution < -0.4 is 0 Å².